The summed E-state index contributed by atoms with van der Waals surface area (Å²) in [5, 5.41) is 8.96. The number of hydrogen-bond acceptors (Lipinski definition) is 3. The van der Waals surface area contributed by atoms with Crippen molar-refractivity contribution >= 4 is 17.1 Å². The van der Waals surface area contributed by atoms with Crippen molar-refractivity contribution in [3.05, 3.63) is 23.7 Å². The van der Waals surface area contributed by atoms with Gasteiger partial charge in [0, 0.05) is 18.7 Å². The van der Waals surface area contributed by atoms with E-state index in [1.807, 2.05) is 0 Å². The maximum atomic E-state index is 10.9. The summed E-state index contributed by atoms with van der Waals surface area (Å²) in [7, 11) is 0. The van der Waals surface area contributed by atoms with E-state index in [2.05, 4.69) is 35.3 Å². The predicted molar refractivity (Wildman–Crippen MR) is 68.9 cm³/mol. The summed E-state index contributed by atoms with van der Waals surface area (Å²) in [6, 6.07) is 1.85. The number of nitrogens with zero attached hydrogens (tertiary/aromatic N) is 3. The second kappa shape index (κ2) is 4.76. The first kappa shape index (κ1) is 12.5. The van der Waals surface area contributed by atoms with Gasteiger partial charge in [0.15, 0.2) is 5.65 Å². The van der Waals surface area contributed by atoms with E-state index >= 15 is 0 Å². The number of imidazole rings is 1. The van der Waals surface area contributed by atoms with Crippen molar-refractivity contribution in [1.29, 1.82) is 0 Å². The van der Waals surface area contributed by atoms with Crippen LogP contribution in [0.2, 0.25) is 0 Å². The third kappa shape index (κ3) is 2.08. The number of hydrogen-bond donors (Lipinski definition) is 1. The van der Waals surface area contributed by atoms with Crippen molar-refractivity contribution in [3.8, 4) is 0 Å². The van der Waals surface area contributed by atoms with E-state index < -0.39 is 5.97 Å². The van der Waals surface area contributed by atoms with Crippen LogP contribution < -0.4 is 0 Å². The Labute approximate surface area is 105 Å². The van der Waals surface area contributed by atoms with Crippen molar-refractivity contribution in [2.45, 2.75) is 39.7 Å². The fraction of sp³-hybridized carbons (Fsp3) is 0.462. The summed E-state index contributed by atoms with van der Waals surface area (Å²) in [6.07, 6.45) is 3.26. The maximum absolute atomic E-state index is 10.9. The molecule has 5 heteroatoms. The van der Waals surface area contributed by atoms with Crippen LogP contribution in [-0.4, -0.2) is 25.6 Å². The molecule has 0 aliphatic heterocycles. The molecular weight excluding hydrogens is 230 g/mol. The minimum Gasteiger partial charge on any atom is -0.478 e. The van der Waals surface area contributed by atoms with Crippen LogP contribution in [0.15, 0.2) is 12.3 Å². The van der Waals surface area contributed by atoms with Crippen molar-refractivity contribution in [3.63, 3.8) is 0 Å². The van der Waals surface area contributed by atoms with Gasteiger partial charge in [0.2, 0.25) is 0 Å². The van der Waals surface area contributed by atoms with Gasteiger partial charge in [-0.25, -0.2) is 14.8 Å². The molecule has 1 N–H and O–H groups in total. The smallest absolute Gasteiger partial charge is 0.337 e. The first-order valence-corrected chi connectivity index (χ1v) is 6.14. The molecule has 0 spiro atoms. The van der Waals surface area contributed by atoms with Crippen LogP contribution in [0, 0.1) is 0 Å². The van der Waals surface area contributed by atoms with Gasteiger partial charge < -0.3 is 9.67 Å². The van der Waals surface area contributed by atoms with Gasteiger partial charge in [-0.15, -0.1) is 0 Å². The number of fused-ring (bicyclic) bond motifs is 1. The maximum Gasteiger partial charge on any atom is 0.337 e. The number of carboxylic acid groups (broad SMARTS) is 1. The van der Waals surface area contributed by atoms with Crippen molar-refractivity contribution in [1.82, 2.24) is 14.5 Å². The van der Waals surface area contributed by atoms with E-state index in [-0.39, 0.29) is 11.6 Å². The number of pyridine rings is 1. The van der Waals surface area contributed by atoms with Crippen LogP contribution in [0.3, 0.4) is 0 Å². The van der Waals surface area contributed by atoms with E-state index in [1.165, 1.54) is 6.20 Å². The molecule has 5 nitrogen and oxygen atoms in total. The highest BCUT2D eigenvalue weighted by molar-refractivity contribution is 5.90. The van der Waals surface area contributed by atoms with Crippen LogP contribution in [0.1, 0.15) is 49.4 Å². The number of aromatic carboxylic acids is 1. The Kier molecular flexibility index (Phi) is 3.32. The SMILES string of the molecule is CCCc1nc2cc(C(=O)O)cnc2n1C(C)C. The molecule has 18 heavy (non-hydrogen) atoms. The van der Waals surface area contributed by atoms with Crippen molar-refractivity contribution in [2.24, 2.45) is 0 Å². The molecular formula is C13H17N3O2. The number of aryl methyl sites for hydroxylation is 1. The fourth-order valence-corrected chi connectivity index (χ4v) is 2.09. The minimum atomic E-state index is -0.972. The quantitative estimate of drug-likeness (QED) is 0.901. The lowest BCUT2D eigenvalue weighted by Gasteiger charge is -2.11. The van der Waals surface area contributed by atoms with Gasteiger partial charge in [-0.2, -0.15) is 0 Å². The highest BCUT2D eigenvalue weighted by Crippen LogP contribution is 2.21. The number of carboxylic acids is 1. The molecule has 0 unspecified atom stereocenters. The lowest BCUT2D eigenvalue weighted by atomic mass is 10.2. The van der Waals surface area contributed by atoms with E-state index in [0.717, 1.165) is 24.3 Å². The van der Waals surface area contributed by atoms with Gasteiger partial charge >= 0.3 is 5.97 Å². The molecule has 0 amide bonds. The second-order valence-corrected chi connectivity index (χ2v) is 4.61. The standard InChI is InChI=1S/C13H17N3O2/c1-4-5-11-15-10-6-9(13(17)18)7-14-12(10)16(11)8(2)3/h6-8H,4-5H2,1-3H3,(H,17,18). The Morgan fingerprint density at radius 3 is 2.78 bits per heavy atom. The summed E-state index contributed by atoms with van der Waals surface area (Å²) in [5.74, 6) is -0.00178. The molecule has 0 radical (unpaired) electrons. The van der Waals surface area contributed by atoms with Gasteiger partial charge in [-0.1, -0.05) is 6.92 Å². The van der Waals surface area contributed by atoms with Gasteiger partial charge in [0.05, 0.1) is 5.56 Å². The summed E-state index contributed by atoms with van der Waals surface area (Å²) in [5.41, 5.74) is 1.60. The normalized spacial score (nSPS) is 11.3. The Hall–Kier alpha value is -1.91. The lowest BCUT2D eigenvalue weighted by Crippen LogP contribution is -2.07. The second-order valence-electron chi connectivity index (χ2n) is 4.61. The molecule has 0 saturated carbocycles. The van der Waals surface area contributed by atoms with E-state index in [4.69, 9.17) is 5.11 Å². The van der Waals surface area contributed by atoms with Gasteiger partial charge in [0.25, 0.3) is 0 Å². The highest BCUT2D eigenvalue weighted by Gasteiger charge is 2.15. The molecule has 0 aliphatic rings. The Morgan fingerprint density at radius 1 is 1.50 bits per heavy atom. The Bertz CT molecular complexity index is 587. The van der Waals surface area contributed by atoms with E-state index in [1.54, 1.807) is 6.07 Å². The Morgan fingerprint density at radius 2 is 2.22 bits per heavy atom. The van der Waals surface area contributed by atoms with E-state index in [9.17, 15) is 4.79 Å². The molecule has 2 heterocycles. The van der Waals surface area contributed by atoms with Crippen LogP contribution in [-0.2, 0) is 6.42 Å². The zero-order chi connectivity index (χ0) is 13.3. The molecule has 0 bridgehead atoms. The fourth-order valence-electron chi connectivity index (χ4n) is 2.09. The minimum absolute atomic E-state index is 0.180. The molecule has 0 aromatic carbocycles. The average molecular weight is 247 g/mol. The number of rotatable bonds is 4. The predicted octanol–water partition coefficient (Wildman–Crippen LogP) is 2.66. The monoisotopic (exact) mass is 247 g/mol. The summed E-state index contributed by atoms with van der Waals surface area (Å²) in [4.78, 5) is 19.7. The highest BCUT2D eigenvalue weighted by atomic mass is 16.4. The molecule has 96 valence electrons. The van der Waals surface area contributed by atoms with E-state index in [0.29, 0.717) is 5.52 Å². The zero-order valence-electron chi connectivity index (χ0n) is 10.8. The first-order valence-electron chi connectivity index (χ1n) is 6.14. The molecule has 0 fully saturated rings. The summed E-state index contributed by atoms with van der Waals surface area (Å²) >= 11 is 0. The topological polar surface area (TPSA) is 68.0 Å². The number of carbonyl (C=O) groups is 1. The van der Waals surface area contributed by atoms with Crippen LogP contribution >= 0.6 is 0 Å². The molecule has 2 rings (SSSR count). The summed E-state index contributed by atoms with van der Waals surface area (Å²) in [6.45, 7) is 6.25. The largest absolute Gasteiger partial charge is 0.478 e. The van der Waals surface area contributed by atoms with Crippen molar-refractivity contribution in [2.75, 3.05) is 0 Å². The average Bonchev–Trinajstić information content (AvgIpc) is 2.66. The summed E-state index contributed by atoms with van der Waals surface area (Å²) < 4.78 is 2.07. The number of aromatic nitrogens is 3. The molecule has 0 atom stereocenters. The Balaban J connectivity index is 2.64. The van der Waals surface area contributed by atoms with Crippen LogP contribution in [0.4, 0.5) is 0 Å². The van der Waals surface area contributed by atoms with Crippen LogP contribution in [0.25, 0.3) is 11.2 Å². The third-order valence-corrected chi connectivity index (χ3v) is 2.84. The molecule has 2 aromatic heterocycles. The lowest BCUT2D eigenvalue weighted by molar-refractivity contribution is 0.0696. The van der Waals surface area contributed by atoms with Gasteiger partial charge in [-0.05, 0) is 26.3 Å². The van der Waals surface area contributed by atoms with Crippen LogP contribution in [0.5, 0.6) is 0 Å². The first-order chi connectivity index (χ1) is 8.54. The zero-order valence-corrected chi connectivity index (χ0v) is 10.8. The molecule has 2 aromatic rings. The van der Waals surface area contributed by atoms with Crippen molar-refractivity contribution < 1.29 is 9.90 Å². The van der Waals surface area contributed by atoms with Gasteiger partial charge in [0.1, 0.15) is 11.3 Å². The molecule has 0 saturated heterocycles. The molecule has 0 aliphatic carbocycles. The third-order valence-electron chi connectivity index (χ3n) is 2.84. The van der Waals surface area contributed by atoms with Gasteiger partial charge in [-0.3, -0.25) is 0 Å².